The molecule has 0 spiro atoms. The molecule has 6 nitrogen and oxygen atoms in total. The number of aryl methyl sites for hydroxylation is 1. The number of nitrogens with zero attached hydrogens (tertiary/aromatic N) is 2. The van der Waals surface area contributed by atoms with Crippen LogP contribution in [0.25, 0.3) is 0 Å². The van der Waals surface area contributed by atoms with Gasteiger partial charge in [-0.15, -0.1) is 0 Å². The molecule has 19 heavy (non-hydrogen) atoms. The molecule has 0 amide bonds. The first-order valence-electron chi connectivity index (χ1n) is 5.49. The normalized spacial score (nSPS) is 10.0. The lowest BCUT2D eigenvalue weighted by Gasteiger charge is -2.06. The van der Waals surface area contributed by atoms with Crippen molar-refractivity contribution < 1.29 is 19.4 Å². The van der Waals surface area contributed by atoms with Crippen LogP contribution in [-0.4, -0.2) is 28.2 Å². The zero-order chi connectivity index (χ0) is 13.8. The van der Waals surface area contributed by atoms with E-state index in [1.807, 2.05) is 0 Å². The smallest absolute Gasteiger partial charge is 0.339 e. The van der Waals surface area contributed by atoms with Gasteiger partial charge in [0, 0.05) is 6.20 Å². The van der Waals surface area contributed by atoms with E-state index in [-0.39, 0.29) is 11.6 Å². The lowest BCUT2D eigenvalue weighted by molar-refractivity contribution is 0.0695. The van der Waals surface area contributed by atoms with Crippen molar-refractivity contribution in [1.82, 2.24) is 9.97 Å². The van der Waals surface area contributed by atoms with Crippen LogP contribution in [0.2, 0.25) is 0 Å². The quantitative estimate of drug-likeness (QED) is 0.908. The van der Waals surface area contributed by atoms with Crippen LogP contribution in [0.1, 0.15) is 16.1 Å². The molecule has 0 atom stereocenters. The molecule has 0 aliphatic rings. The number of carbonyl (C=O) groups is 1. The summed E-state index contributed by atoms with van der Waals surface area (Å²) in [5.41, 5.74) is 0.410. The van der Waals surface area contributed by atoms with E-state index < -0.39 is 5.97 Å². The van der Waals surface area contributed by atoms with Crippen molar-refractivity contribution >= 4 is 5.97 Å². The SMILES string of the molecule is COc1ccc(Oc2ncc(C(=O)O)c(C)n2)cc1. The summed E-state index contributed by atoms with van der Waals surface area (Å²) in [6, 6.07) is 7.01. The maximum absolute atomic E-state index is 10.8. The number of ether oxygens (including phenoxy) is 2. The summed E-state index contributed by atoms with van der Waals surface area (Å²) < 4.78 is 10.5. The average molecular weight is 260 g/mol. The Morgan fingerprint density at radius 1 is 1.21 bits per heavy atom. The molecule has 0 saturated carbocycles. The summed E-state index contributed by atoms with van der Waals surface area (Å²) >= 11 is 0. The Balaban J connectivity index is 2.18. The fraction of sp³-hybridized carbons (Fsp3) is 0.154. The number of hydrogen-bond acceptors (Lipinski definition) is 5. The first-order chi connectivity index (χ1) is 9.10. The molecule has 0 radical (unpaired) electrons. The molecule has 0 aliphatic carbocycles. The monoisotopic (exact) mass is 260 g/mol. The third-order valence-electron chi connectivity index (χ3n) is 2.46. The van der Waals surface area contributed by atoms with Gasteiger partial charge < -0.3 is 14.6 Å². The minimum atomic E-state index is -1.06. The van der Waals surface area contributed by atoms with Crippen LogP contribution >= 0.6 is 0 Å². The molecule has 2 aromatic rings. The molecule has 0 aliphatic heterocycles. The van der Waals surface area contributed by atoms with E-state index in [0.717, 1.165) is 0 Å². The van der Waals surface area contributed by atoms with Crippen molar-refractivity contribution in [3.05, 3.63) is 41.7 Å². The highest BCUT2D eigenvalue weighted by Gasteiger charge is 2.10. The molecule has 1 heterocycles. The van der Waals surface area contributed by atoms with E-state index in [0.29, 0.717) is 17.2 Å². The molecule has 1 aromatic heterocycles. The van der Waals surface area contributed by atoms with Gasteiger partial charge in [-0.25, -0.2) is 9.78 Å². The largest absolute Gasteiger partial charge is 0.497 e. The molecule has 2 rings (SSSR count). The summed E-state index contributed by atoms with van der Waals surface area (Å²) in [4.78, 5) is 18.7. The molecular weight excluding hydrogens is 248 g/mol. The molecule has 1 N–H and O–H groups in total. The lowest BCUT2D eigenvalue weighted by Crippen LogP contribution is -2.04. The van der Waals surface area contributed by atoms with Crippen LogP contribution in [-0.2, 0) is 0 Å². The van der Waals surface area contributed by atoms with Gasteiger partial charge in [-0.2, -0.15) is 4.98 Å². The van der Waals surface area contributed by atoms with Gasteiger partial charge in [0.05, 0.1) is 18.4 Å². The van der Waals surface area contributed by atoms with Crippen molar-refractivity contribution in [2.75, 3.05) is 7.11 Å². The lowest BCUT2D eigenvalue weighted by atomic mass is 10.2. The standard InChI is InChI=1S/C13H12N2O4/c1-8-11(12(16)17)7-14-13(15-8)19-10-5-3-9(18-2)4-6-10/h3-7H,1-2H3,(H,16,17). The Morgan fingerprint density at radius 2 is 1.84 bits per heavy atom. The maximum atomic E-state index is 10.8. The number of carboxylic acid groups (broad SMARTS) is 1. The van der Waals surface area contributed by atoms with Crippen molar-refractivity contribution in [2.24, 2.45) is 0 Å². The fourth-order valence-corrected chi connectivity index (χ4v) is 1.45. The predicted octanol–water partition coefficient (Wildman–Crippen LogP) is 2.28. The topological polar surface area (TPSA) is 81.5 Å². The van der Waals surface area contributed by atoms with Crippen LogP contribution < -0.4 is 9.47 Å². The third kappa shape index (κ3) is 2.98. The second-order valence-corrected chi connectivity index (χ2v) is 3.73. The molecule has 0 saturated heterocycles. The van der Waals surface area contributed by atoms with Crippen LogP contribution in [0.3, 0.4) is 0 Å². The Kier molecular flexibility index (Phi) is 3.61. The molecule has 0 unspecified atom stereocenters. The number of aromatic carboxylic acids is 1. The Bertz CT molecular complexity index is 596. The average Bonchev–Trinajstić information content (AvgIpc) is 2.39. The fourth-order valence-electron chi connectivity index (χ4n) is 1.45. The van der Waals surface area contributed by atoms with E-state index in [1.165, 1.54) is 6.20 Å². The van der Waals surface area contributed by atoms with Crippen LogP contribution in [0.15, 0.2) is 30.5 Å². The molecule has 0 bridgehead atoms. The van der Waals surface area contributed by atoms with Gasteiger partial charge >= 0.3 is 12.0 Å². The van der Waals surface area contributed by atoms with E-state index in [1.54, 1.807) is 38.3 Å². The Hall–Kier alpha value is -2.63. The van der Waals surface area contributed by atoms with Crippen molar-refractivity contribution in [2.45, 2.75) is 6.92 Å². The second kappa shape index (κ2) is 5.34. The molecule has 6 heteroatoms. The van der Waals surface area contributed by atoms with Crippen molar-refractivity contribution in [3.8, 4) is 17.5 Å². The zero-order valence-electron chi connectivity index (χ0n) is 10.5. The number of rotatable bonds is 4. The first kappa shape index (κ1) is 12.8. The Morgan fingerprint density at radius 3 is 2.37 bits per heavy atom. The van der Waals surface area contributed by atoms with Gasteiger partial charge in [0.1, 0.15) is 11.5 Å². The van der Waals surface area contributed by atoms with E-state index >= 15 is 0 Å². The van der Waals surface area contributed by atoms with Gasteiger partial charge in [-0.3, -0.25) is 0 Å². The number of carboxylic acids is 1. The number of aromatic nitrogens is 2. The van der Waals surface area contributed by atoms with Gasteiger partial charge in [-0.05, 0) is 31.2 Å². The van der Waals surface area contributed by atoms with Gasteiger partial charge in [-0.1, -0.05) is 0 Å². The summed E-state index contributed by atoms with van der Waals surface area (Å²) in [7, 11) is 1.58. The summed E-state index contributed by atoms with van der Waals surface area (Å²) in [5.74, 6) is 0.197. The molecular formula is C13H12N2O4. The highest BCUT2D eigenvalue weighted by atomic mass is 16.5. The van der Waals surface area contributed by atoms with Crippen molar-refractivity contribution in [3.63, 3.8) is 0 Å². The van der Waals surface area contributed by atoms with Gasteiger partial charge in [0.2, 0.25) is 0 Å². The number of benzene rings is 1. The number of methoxy groups -OCH3 is 1. The predicted molar refractivity (Wildman–Crippen MR) is 66.8 cm³/mol. The summed E-state index contributed by atoms with van der Waals surface area (Å²) in [6.07, 6.45) is 1.23. The first-order valence-corrected chi connectivity index (χ1v) is 5.49. The highest BCUT2D eigenvalue weighted by molar-refractivity contribution is 5.88. The highest BCUT2D eigenvalue weighted by Crippen LogP contribution is 2.21. The third-order valence-corrected chi connectivity index (χ3v) is 2.46. The molecule has 1 aromatic carbocycles. The van der Waals surface area contributed by atoms with Crippen LogP contribution in [0.5, 0.6) is 17.5 Å². The van der Waals surface area contributed by atoms with Crippen molar-refractivity contribution in [1.29, 1.82) is 0 Å². The van der Waals surface area contributed by atoms with Gasteiger partial charge in [0.15, 0.2) is 0 Å². The van der Waals surface area contributed by atoms with E-state index in [9.17, 15) is 4.79 Å². The van der Waals surface area contributed by atoms with E-state index in [4.69, 9.17) is 14.6 Å². The Labute approximate surface area is 109 Å². The van der Waals surface area contributed by atoms with Crippen LogP contribution in [0, 0.1) is 6.92 Å². The number of hydrogen-bond donors (Lipinski definition) is 1. The summed E-state index contributed by atoms with van der Waals surface area (Å²) in [6.45, 7) is 1.59. The zero-order valence-corrected chi connectivity index (χ0v) is 10.5. The molecule has 0 fully saturated rings. The minimum absolute atomic E-state index is 0.0575. The molecule has 98 valence electrons. The van der Waals surface area contributed by atoms with Gasteiger partial charge in [0.25, 0.3) is 0 Å². The van der Waals surface area contributed by atoms with Crippen LogP contribution in [0.4, 0.5) is 0 Å². The summed E-state index contributed by atoms with van der Waals surface area (Å²) in [5, 5.41) is 8.87. The second-order valence-electron chi connectivity index (χ2n) is 3.73. The van der Waals surface area contributed by atoms with E-state index in [2.05, 4.69) is 9.97 Å². The minimum Gasteiger partial charge on any atom is -0.497 e. The maximum Gasteiger partial charge on any atom is 0.339 e.